The van der Waals surface area contributed by atoms with E-state index < -0.39 is 6.09 Å². The number of fused-ring (bicyclic) bond motifs is 3. The van der Waals surface area contributed by atoms with Gasteiger partial charge in [-0.2, -0.15) is 0 Å². The highest BCUT2D eigenvalue weighted by Gasteiger charge is 2.26. The highest BCUT2D eigenvalue weighted by atomic mass is 16.5. The zero-order chi connectivity index (χ0) is 28.9. The number of methoxy groups -OCH3 is 3. The predicted octanol–water partition coefficient (Wildman–Crippen LogP) is 3.80. The van der Waals surface area contributed by atoms with Gasteiger partial charge in [-0.05, 0) is 56.0 Å². The first-order valence-electron chi connectivity index (χ1n) is 13.3. The molecular formula is C29H32N6O6. The van der Waals surface area contributed by atoms with E-state index in [2.05, 4.69) is 31.0 Å². The lowest BCUT2D eigenvalue weighted by Gasteiger charge is -2.29. The largest absolute Gasteiger partial charge is 0.493 e. The maximum absolute atomic E-state index is 13.1. The Labute approximate surface area is 237 Å². The number of aromatic nitrogens is 2. The molecule has 4 N–H and O–H groups in total. The zero-order valence-electron chi connectivity index (χ0n) is 23.1. The smallest absolute Gasteiger partial charge is 0.407 e. The lowest BCUT2D eigenvalue weighted by atomic mass is 9.91. The summed E-state index contributed by atoms with van der Waals surface area (Å²) in [6.07, 6.45) is 4.26. The summed E-state index contributed by atoms with van der Waals surface area (Å²) in [5.74, 6) is 1.06. The third kappa shape index (κ3) is 6.32. The van der Waals surface area contributed by atoms with E-state index in [9.17, 15) is 14.4 Å². The molecule has 3 aromatic rings. The Kier molecular flexibility index (Phi) is 8.18. The number of benzene rings is 2. The molecule has 0 unspecified atom stereocenters. The number of rotatable bonds is 7. The predicted molar refractivity (Wildman–Crippen MR) is 152 cm³/mol. The molecule has 0 radical (unpaired) electrons. The van der Waals surface area contributed by atoms with Gasteiger partial charge < -0.3 is 35.5 Å². The fourth-order valence-corrected chi connectivity index (χ4v) is 5.11. The van der Waals surface area contributed by atoms with Crippen molar-refractivity contribution in [2.24, 2.45) is 0 Å². The minimum absolute atomic E-state index is 0.00900. The van der Waals surface area contributed by atoms with Crippen molar-refractivity contribution in [3.63, 3.8) is 0 Å². The number of carbonyl (C=O) groups is 3. The zero-order valence-corrected chi connectivity index (χ0v) is 23.1. The fraction of sp³-hybridized carbons (Fsp3) is 0.345. The molecule has 0 saturated heterocycles. The molecule has 2 aromatic carbocycles. The first kappa shape index (κ1) is 27.7. The van der Waals surface area contributed by atoms with Crippen LogP contribution in [0.15, 0.2) is 42.6 Å². The molecule has 0 spiro atoms. The van der Waals surface area contributed by atoms with Crippen LogP contribution in [0.25, 0.3) is 11.3 Å². The van der Waals surface area contributed by atoms with Gasteiger partial charge in [-0.1, -0.05) is 0 Å². The Bertz CT molecular complexity index is 1470. The first-order chi connectivity index (χ1) is 19.9. The lowest BCUT2D eigenvalue weighted by Crippen LogP contribution is -2.43. The van der Waals surface area contributed by atoms with E-state index in [0.717, 1.165) is 25.7 Å². The van der Waals surface area contributed by atoms with Crippen LogP contribution in [-0.4, -0.2) is 61.3 Å². The summed E-state index contributed by atoms with van der Waals surface area (Å²) in [5.41, 5.74) is 3.60. The van der Waals surface area contributed by atoms with Crippen molar-refractivity contribution in [1.82, 2.24) is 20.6 Å². The first-order valence-corrected chi connectivity index (χ1v) is 13.3. The van der Waals surface area contributed by atoms with Crippen LogP contribution >= 0.6 is 0 Å². The Morgan fingerprint density at radius 3 is 2.37 bits per heavy atom. The van der Waals surface area contributed by atoms with Crippen molar-refractivity contribution in [2.45, 2.75) is 44.2 Å². The van der Waals surface area contributed by atoms with Gasteiger partial charge in [-0.25, -0.2) is 14.8 Å². The number of carbonyl (C=O) groups excluding carboxylic acids is 3. The summed E-state index contributed by atoms with van der Waals surface area (Å²) in [6, 6.07) is 10.6. The molecule has 0 bridgehead atoms. The summed E-state index contributed by atoms with van der Waals surface area (Å²) in [7, 11) is 4.47. The average molecular weight is 561 g/mol. The van der Waals surface area contributed by atoms with Crippen molar-refractivity contribution < 1.29 is 28.6 Å². The summed E-state index contributed by atoms with van der Waals surface area (Å²) in [5, 5.41) is 12.0. The topological polar surface area (TPSA) is 153 Å². The van der Waals surface area contributed by atoms with Crippen LogP contribution in [0, 0.1) is 0 Å². The molecule has 12 nitrogen and oxygen atoms in total. The van der Waals surface area contributed by atoms with Gasteiger partial charge in [0.05, 0.1) is 39.1 Å². The molecule has 1 aliphatic carbocycles. The molecule has 1 fully saturated rings. The molecular weight excluding hydrogens is 528 g/mol. The molecule has 1 aromatic heterocycles. The second-order valence-electron chi connectivity index (χ2n) is 9.91. The van der Waals surface area contributed by atoms with Crippen molar-refractivity contribution >= 4 is 35.2 Å². The number of hydrogen-bond acceptors (Lipinski definition) is 9. The molecule has 214 valence electrons. The van der Waals surface area contributed by atoms with Crippen LogP contribution in [0.3, 0.4) is 0 Å². The summed E-state index contributed by atoms with van der Waals surface area (Å²) < 4.78 is 15.3. The Balaban J connectivity index is 1.33. The van der Waals surface area contributed by atoms with Crippen LogP contribution in [0.2, 0.25) is 0 Å². The number of nitrogens with zero attached hydrogens (tertiary/aromatic N) is 2. The SMILES string of the molecule is COC(=O)NC1CCC(NC(=O)c2ccc3c(c2)NC(=O)Cc2cnc(Nc4ccc(OC)c(OC)c4)nc2-3)CC1. The molecule has 2 aliphatic rings. The number of ether oxygens (including phenoxy) is 3. The Morgan fingerprint density at radius 1 is 0.927 bits per heavy atom. The van der Waals surface area contributed by atoms with Crippen LogP contribution in [0.5, 0.6) is 11.5 Å². The highest BCUT2D eigenvalue weighted by molar-refractivity contribution is 6.03. The minimum atomic E-state index is -0.444. The fourth-order valence-electron chi connectivity index (χ4n) is 5.11. The normalized spacial score (nSPS) is 17.6. The van der Waals surface area contributed by atoms with E-state index in [1.54, 1.807) is 50.7 Å². The van der Waals surface area contributed by atoms with Crippen molar-refractivity contribution in [1.29, 1.82) is 0 Å². The van der Waals surface area contributed by atoms with Gasteiger partial charge in [0.25, 0.3) is 5.91 Å². The lowest BCUT2D eigenvalue weighted by molar-refractivity contribution is -0.115. The summed E-state index contributed by atoms with van der Waals surface area (Å²) >= 11 is 0. The van der Waals surface area contributed by atoms with Crippen LogP contribution in [-0.2, 0) is 16.0 Å². The Morgan fingerprint density at radius 2 is 1.66 bits per heavy atom. The van der Waals surface area contributed by atoms with Gasteiger partial charge in [-0.15, -0.1) is 0 Å². The molecule has 2 heterocycles. The van der Waals surface area contributed by atoms with E-state index in [4.69, 9.17) is 14.5 Å². The molecule has 3 amide bonds. The molecule has 0 atom stereocenters. The van der Waals surface area contributed by atoms with Crippen LogP contribution < -0.4 is 30.7 Å². The van der Waals surface area contributed by atoms with E-state index in [1.807, 2.05) is 6.07 Å². The van der Waals surface area contributed by atoms with E-state index in [0.29, 0.717) is 51.2 Å². The second kappa shape index (κ2) is 12.1. The maximum Gasteiger partial charge on any atom is 0.407 e. The monoisotopic (exact) mass is 560 g/mol. The summed E-state index contributed by atoms with van der Waals surface area (Å²) in [6.45, 7) is 0. The van der Waals surface area contributed by atoms with Crippen molar-refractivity contribution in [3.05, 3.63) is 53.7 Å². The van der Waals surface area contributed by atoms with Gasteiger partial charge in [0.2, 0.25) is 11.9 Å². The standard InChI is InChI=1S/C29H32N6O6/c1-39-23-11-9-20(14-24(23)40-2)32-28-30-15-17-13-25(36)34-22-12-16(4-10-21(22)26(17)35-28)27(37)31-18-5-7-19(8-6-18)33-29(38)41-3/h4,9-12,14-15,18-19H,5-8,13H2,1-3H3,(H,31,37)(H,33,38)(H,34,36)(H,30,32,35). The van der Waals surface area contributed by atoms with Gasteiger partial charge in [0.1, 0.15) is 0 Å². The third-order valence-corrected chi connectivity index (χ3v) is 7.24. The second-order valence-corrected chi connectivity index (χ2v) is 9.91. The van der Waals surface area contributed by atoms with E-state index in [1.165, 1.54) is 7.11 Å². The van der Waals surface area contributed by atoms with E-state index in [-0.39, 0.29) is 30.3 Å². The Hall–Kier alpha value is -4.87. The number of amides is 3. The highest BCUT2D eigenvalue weighted by Crippen LogP contribution is 2.35. The molecule has 41 heavy (non-hydrogen) atoms. The molecule has 5 rings (SSSR count). The van der Waals surface area contributed by atoms with Gasteiger partial charge in [-0.3, -0.25) is 9.59 Å². The number of alkyl carbamates (subject to hydrolysis) is 1. The van der Waals surface area contributed by atoms with Gasteiger partial charge >= 0.3 is 6.09 Å². The average Bonchev–Trinajstić information content (AvgIpc) is 3.12. The summed E-state index contributed by atoms with van der Waals surface area (Å²) in [4.78, 5) is 46.4. The van der Waals surface area contributed by atoms with Gasteiger partial charge in [0, 0.05) is 46.7 Å². The van der Waals surface area contributed by atoms with Crippen molar-refractivity contribution in [3.8, 4) is 22.8 Å². The van der Waals surface area contributed by atoms with Crippen LogP contribution in [0.1, 0.15) is 41.6 Å². The quantitative estimate of drug-likeness (QED) is 0.338. The van der Waals surface area contributed by atoms with Crippen molar-refractivity contribution in [2.75, 3.05) is 32.0 Å². The molecule has 1 aliphatic heterocycles. The van der Waals surface area contributed by atoms with Gasteiger partial charge in [0.15, 0.2) is 11.5 Å². The third-order valence-electron chi connectivity index (χ3n) is 7.24. The maximum atomic E-state index is 13.1. The van der Waals surface area contributed by atoms with E-state index >= 15 is 0 Å². The number of anilines is 3. The minimum Gasteiger partial charge on any atom is -0.493 e. The molecule has 1 saturated carbocycles. The van der Waals surface area contributed by atoms with Crippen LogP contribution in [0.4, 0.5) is 22.1 Å². The number of nitrogens with one attached hydrogen (secondary N) is 4. The molecule has 12 heteroatoms. The number of hydrogen-bond donors (Lipinski definition) is 4.